The molecule has 0 bridgehead atoms. The Morgan fingerprint density at radius 2 is 1.36 bits per heavy atom. The Labute approximate surface area is 330 Å². The van der Waals surface area contributed by atoms with Crippen LogP contribution in [-0.4, -0.2) is 70.9 Å². The summed E-state index contributed by atoms with van der Waals surface area (Å²) in [6.45, 7) is 8.81. The van der Waals surface area contributed by atoms with Gasteiger partial charge in [0.05, 0.1) is 14.2 Å². The molecule has 0 saturated heterocycles. The van der Waals surface area contributed by atoms with E-state index in [1.54, 1.807) is 31.9 Å². The normalized spacial score (nSPS) is 13.7. The molecule has 4 rings (SSSR count). The minimum absolute atomic E-state index is 0.0319. The second kappa shape index (κ2) is 18.8. The van der Waals surface area contributed by atoms with Crippen LogP contribution < -0.4 is 14.8 Å². The van der Waals surface area contributed by atoms with Crippen molar-refractivity contribution >= 4 is 18.8 Å². The SMILES string of the molecule is CCP(O)(O)(C(c1ccccc1[N+](=O)[O-])C(C#N)CNC(=O)CCCOC(c1ccccc1)(c1ccc(OC)cc1)c1ccc(OC)cc1)N(C(C)C)C(C)C. The number of amides is 1. The number of nitrogens with zero attached hydrogens (tertiary/aromatic N) is 3. The summed E-state index contributed by atoms with van der Waals surface area (Å²) in [5, 5.41) is 25.7. The number of hydrogen-bond donors (Lipinski definition) is 3. The number of nitro groups is 1. The molecule has 2 unspecified atom stereocenters. The van der Waals surface area contributed by atoms with Crippen LogP contribution in [0.3, 0.4) is 0 Å². The van der Waals surface area contributed by atoms with Crippen molar-refractivity contribution in [1.29, 1.82) is 5.26 Å². The Balaban J connectivity index is 1.62. The van der Waals surface area contributed by atoms with Crippen LogP contribution in [0.1, 0.15) is 75.4 Å². The van der Waals surface area contributed by atoms with Crippen LogP contribution in [0.25, 0.3) is 0 Å². The fourth-order valence-corrected chi connectivity index (χ4v) is 12.7. The van der Waals surface area contributed by atoms with Gasteiger partial charge in [0.2, 0.25) is 0 Å². The van der Waals surface area contributed by atoms with Crippen molar-refractivity contribution in [2.24, 2.45) is 5.92 Å². The Hall–Kier alpha value is -4.89. The van der Waals surface area contributed by atoms with Crippen LogP contribution >= 0.6 is 7.21 Å². The molecule has 56 heavy (non-hydrogen) atoms. The second-order valence-electron chi connectivity index (χ2n) is 14.4. The quantitative estimate of drug-likeness (QED) is 0.0262. The molecule has 2 atom stereocenters. The van der Waals surface area contributed by atoms with Gasteiger partial charge in [0.15, 0.2) is 0 Å². The minimum atomic E-state index is -5.14. The van der Waals surface area contributed by atoms with E-state index in [1.165, 1.54) is 18.2 Å². The van der Waals surface area contributed by atoms with Crippen LogP contribution in [0.5, 0.6) is 11.5 Å². The van der Waals surface area contributed by atoms with E-state index in [4.69, 9.17) is 14.2 Å². The average molecular weight is 787 g/mol. The molecule has 0 aliphatic carbocycles. The van der Waals surface area contributed by atoms with E-state index in [2.05, 4.69) is 11.4 Å². The fraction of sp³-hybridized carbons (Fsp3) is 0.395. The summed E-state index contributed by atoms with van der Waals surface area (Å²) in [7, 11) is -1.93. The number of hydrogen-bond acceptors (Lipinski definition) is 10. The molecule has 0 aliphatic rings. The molecule has 13 heteroatoms. The summed E-state index contributed by atoms with van der Waals surface area (Å²) in [4.78, 5) is 50.5. The summed E-state index contributed by atoms with van der Waals surface area (Å²) in [5.41, 5.74) is -0.167. The molecule has 0 spiro atoms. The van der Waals surface area contributed by atoms with Crippen molar-refractivity contribution in [2.45, 2.75) is 70.8 Å². The standard InChI is InChI=1S/C43H55N4O8P/c1-8-56(51,52,46(31(2)3)32(4)5)42(39-17-12-13-18-40(39)47(49)50)33(29-44)30-45-41(48)19-14-28-55-43(34-15-10-9-11-16-34,35-20-24-37(53-6)25-21-35)36-22-26-38(54-7)27-23-36/h9-13,15-18,20-27,31-33,42,51-52H,8,14,19,28,30H2,1-7H3,(H,45,48). The van der Waals surface area contributed by atoms with E-state index in [0.717, 1.165) is 16.7 Å². The van der Waals surface area contributed by atoms with Gasteiger partial charge in [-0.2, -0.15) is 0 Å². The Bertz CT molecular complexity index is 1890. The van der Waals surface area contributed by atoms with Crippen molar-refractivity contribution in [1.82, 2.24) is 9.99 Å². The van der Waals surface area contributed by atoms with Gasteiger partial charge in [-0.1, -0.05) is 18.2 Å². The van der Waals surface area contributed by atoms with Gasteiger partial charge in [0.1, 0.15) is 11.5 Å². The molecule has 4 aromatic carbocycles. The first kappa shape index (κ1) is 43.8. The first-order valence-corrected chi connectivity index (χ1v) is 21.2. The van der Waals surface area contributed by atoms with E-state index in [0.29, 0.717) is 17.9 Å². The number of nitro benzene ring substituents is 1. The number of carbonyl (C=O) groups excluding carboxylic acids is 1. The summed E-state index contributed by atoms with van der Waals surface area (Å²) in [6, 6.07) is 32.4. The molecular formula is C43H55N4O8P. The number of carbonyl (C=O) groups is 1. The first-order chi connectivity index (χ1) is 26.7. The van der Waals surface area contributed by atoms with Gasteiger partial charge < -0.3 is 9.47 Å². The van der Waals surface area contributed by atoms with Crippen LogP contribution in [0.15, 0.2) is 103 Å². The monoisotopic (exact) mass is 786 g/mol. The predicted molar refractivity (Wildman–Crippen MR) is 219 cm³/mol. The van der Waals surface area contributed by atoms with Gasteiger partial charge in [-0.25, -0.2) is 0 Å². The molecule has 300 valence electrons. The Morgan fingerprint density at radius 1 is 0.857 bits per heavy atom. The van der Waals surface area contributed by atoms with Crippen molar-refractivity contribution in [3.05, 3.63) is 135 Å². The number of rotatable bonds is 20. The molecule has 4 aromatic rings. The van der Waals surface area contributed by atoms with Crippen LogP contribution in [-0.2, 0) is 15.1 Å². The van der Waals surface area contributed by atoms with Crippen molar-refractivity contribution in [3.63, 3.8) is 0 Å². The molecule has 0 heterocycles. The third kappa shape index (κ3) is 9.21. The molecule has 0 fully saturated rings. The van der Waals surface area contributed by atoms with E-state index in [1.807, 2.05) is 107 Å². The van der Waals surface area contributed by atoms with Gasteiger partial charge in [0.25, 0.3) is 0 Å². The number of benzene rings is 4. The molecule has 0 aromatic heterocycles. The average Bonchev–Trinajstić information content (AvgIpc) is 3.19. The third-order valence-electron chi connectivity index (χ3n) is 10.3. The number of nitriles is 1. The van der Waals surface area contributed by atoms with Crippen molar-refractivity contribution in [3.8, 4) is 17.6 Å². The number of ether oxygens (including phenoxy) is 3. The maximum absolute atomic E-state index is 13.5. The Morgan fingerprint density at radius 3 is 1.82 bits per heavy atom. The second-order valence-corrected chi connectivity index (χ2v) is 18.5. The number of para-hydroxylation sites is 1. The van der Waals surface area contributed by atoms with Crippen LogP contribution in [0.2, 0.25) is 0 Å². The summed E-state index contributed by atoms with van der Waals surface area (Å²) in [5.74, 6) is -0.225. The first-order valence-electron chi connectivity index (χ1n) is 18.8. The summed E-state index contributed by atoms with van der Waals surface area (Å²) >= 11 is 0. The zero-order chi connectivity index (χ0) is 41.1. The van der Waals surface area contributed by atoms with Crippen LogP contribution in [0.4, 0.5) is 5.69 Å². The fourth-order valence-electron chi connectivity index (χ4n) is 7.95. The van der Waals surface area contributed by atoms with Crippen molar-refractivity contribution in [2.75, 3.05) is 33.5 Å². The van der Waals surface area contributed by atoms with E-state index < -0.39 is 29.3 Å². The summed E-state index contributed by atoms with van der Waals surface area (Å²) in [6.07, 6.45) is 0.179. The zero-order valence-corrected chi connectivity index (χ0v) is 34.2. The van der Waals surface area contributed by atoms with Gasteiger partial charge in [-0.3, -0.25) is 0 Å². The molecular weight excluding hydrogens is 731 g/mol. The third-order valence-corrected chi connectivity index (χ3v) is 15.2. The molecule has 0 saturated carbocycles. The molecule has 0 aliphatic heterocycles. The van der Waals surface area contributed by atoms with Crippen molar-refractivity contribution < 1.29 is 33.7 Å². The van der Waals surface area contributed by atoms with E-state index >= 15 is 0 Å². The molecule has 1 amide bonds. The zero-order valence-electron chi connectivity index (χ0n) is 33.3. The van der Waals surface area contributed by atoms with E-state index in [9.17, 15) is 30.0 Å². The van der Waals surface area contributed by atoms with Gasteiger partial charge in [-0.15, -0.1) is 0 Å². The summed E-state index contributed by atoms with van der Waals surface area (Å²) < 4.78 is 19.3. The Kier molecular flexibility index (Phi) is 14.7. The maximum atomic E-state index is 13.5. The molecule has 0 radical (unpaired) electrons. The van der Waals surface area contributed by atoms with Gasteiger partial charge in [0, 0.05) is 0 Å². The van der Waals surface area contributed by atoms with Crippen LogP contribution in [0, 0.1) is 27.4 Å². The topological polar surface area (TPSA) is 167 Å². The molecule has 3 N–H and O–H groups in total. The van der Waals surface area contributed by atoms with Gasteiger partial charge in [-0.05, 0) is 24.3 Å². The van der Waals surface area contributed by atoms with E-state index in [-0.39, 0.29) is 55.0 Å². The molecule has 12 nitrogen and oxygen atoms in total. The van der Waals surface area contributed by atoms with Gasteiger partial charge >= 0.3 is 253 Å². The predicted octanol–water partition coefficient (Wildman–Crippen LogP) is 8.12. The number of methoxy groups -OCH3 is 2. The number of nitrogens with one attached hydrogen (secondary N) is 1.